The highest BCUT2D eigenvalue weighted by Gasteiger charge is 2.08. The van der Waals surface area contributed by atoms with Gasteiger partial charge in [-0.15, -0.1) is 0 Å². The minimum Gasteiger partial charge on any atom is -0.0801 e. The molecule has 0 saturated carbocycles. The van der Waals surface area contributed by atoms with Crippen LogP contribution in [0.3, 0.4) is 0 Å². The van der Waals surface area contributed by atoms with Crippen LogP contribution in [0.1, 0.15) is 24.0 Å². The van der Waals surface area contributed by atoms with Crippen molar-refractivity contribution in [3.63, 3.8) is 0 Å². The summed E-state index contributed by atoms with van der Waals surface area (Å²) in [5.74, 6) is 0. The van der Waals surface area contributed by atoms with Gasteiger partial charge in [0.1, 0.15) is 0 Å². The molecule has 0 saturated heterocycles. The van der Waals surface area contributed by atoms with Gasteiger partial charge in [-0.05, 0) is 41.5 Å². The molecular weight excluding hydrogens is 252 g/mol. The van der Waals surface area contributed by atoms with Gasteiger partial charge in [-0.2, -0.15) is 0 Å². The van der Waals surface area contributed by atoms with Crippen molar-refractivity contribution in [2.45, 2.75) is 19.3 Å². The Balaban J connectivity index is 1.87. The Morgan fingerprint density at radius 1 is 0.810 bits per heavy atom. The van der Waals surface area contributed by atoms with Gasteiger partial charge in [-0.25, -0.2) is 0 Å². The molecule has 2 aromatic carbocycles. The molecule has 0 aliphatic heterocycles. The molecule has 104 valence electrons. The molecule has 0 atom stereocenters. The molecule has 0 nitrogen and oxygen atoms in total. The maximum absolute atomic E-state index is 2.26. The van der Waals surface area contributed by atoms with Crippen molar-refractivity contribution in [2.75, 3.05) is 0 Å². The summed E-state index contributed by atoms with van der Waals surface area (Å²) < 4.78 is 0. The summed E-state index contributed by atoms with van der Waals surface area (Å²) in [5.41, 5.74) is 5.67. The van der Waals surface area contributed by atoms with E-state index in [2.05, 4.69) is 85.0 Å². The third-order valence-corrected chi connectivity index (χ3v) is 3.90. The smallest absolute Gasteiger partial charge is 0.00914 e. The zero-order valence-corrected chi connectivity index (χ0v) is 12.2. The van der Waals surface area contributed by atoms with Crippen molar-refractivity contribution < 1.29 is 0 Å². The summed E-state index contributed by atoms with van der Waals surface area (Å²) in [7, 11) is 0. The largest absolute Gasteiger partial charge is 0.0801 e. The fraction of sp³-hybridized carbons (Fsp3) is 0.143. The van der Waals surface area contributed by atoms with Crippen LogP contribution in [0.2, 0.25) is 0 Å². The van der Waals surface area contributed by atoms with Crippen molar-refractivity contribution in [1.29, 1.82) is 0 Å². The van der Waals surface area contributed by atoms with E-state index in [-0.39, 0.29) is 0 Å². The van der Waals surface area contributed by atoms with Gasteiger partial charge < -0.3 is 0 Å². The van der Waals surface area contributed by atoms with Gasteiger partial charge in [0.15, 0.2) is 0 Å². The van der Waals surface area contributed by atoms with Gasteiger partial charge in [0, 0.05) is 0 Å². The van der Waals surface area contributed by atoms with Crippen LogP contribution < -0.4 is 0 Å². The Labute approximate surface area is 127 Å². The quantitative estimate of drug-likeness (QED) is 0.680. The van der Waals surface area contributed by atoms with Gasteiger partial charge >= 0.3 is 0 Å². The third kappa shape index (κ3) is 3.61. The lowest BCUT2D eigenvalue weighted by Crippen LogP contribution is -1.95. The van der Waals surface area contributed by atoms with Crippen molar-refractivity contribution in [3.8, 4) is 0 Å². The van der Waals surface area contributed by atoms with Crippen molar-refractivity contribution in [3.05, 3.63) is 102 Å². The molecule has 3 rings (SSSR count). The average Bonchev–Trinajstić information content (AvgIpc) is 2.58. The van der Waals surface area contributed by atoms with Gasteiger partial charge in [0.25, 0.3) is 0 Å². The number of hydrogen-bond acceptors (Lipinski definition) is 0. The first kappa shape index (κ1) is 13.6. The van der Waals surface area contributed by atoms with Crippen LogP contribution in [-0.4, -0.2) is 0 Å². The minimum atomic E-state index is 1.04. The van der Waals surface area contributed by atoms with Crippen LogP contribution in [-0.2, 0) is 6.42 Å². The Kier molecular flexibility index (Phi) is 4.48. The highest BCUT2D eigenvalue weighted by atomic mass is 14.1. The molecule has 0 N–H and O–H groups in total. The molecular formula is C21H20. The predicted octanol–water partition coefficient (Wildman–Crippen LogP) is 5.59. The summed E-state index contributed by atoms with van der Waals surface area (Å²) >= 11 is 0. The van der Waals surface area contributed by atoms with E-state index in [1.807, 2.05) is 0 Å². The second-order valence-corrected chi connectivity index (χ2v) is 5.35. The second kappa shape index (κ2) is 6.90. The van der Waals surface area contributed by atoms with Crippen LogP contribution >= 0.6 is 0 Å². The number of hydrogen-bond donors (Lipinski definition) is 0. The lowest BCUT2D eigenvalue weighted by atomic mass is 9.91. The Morgan fingerprint density at radius 3 is 2.19 bits per heavy atom. The number of allylic oxidation sites excluding steroid dienone is 6. The molecule has 1 aliphatic carbocycles. The lowest BCUT2D eigenvalue weighted by molar-refractivity contribution is 1.00. The van der Waals surface area contributed by atoms with E-state index in [0.29, 0.717) is 0 Å². The molecule has 0 aromatic heterocycles. The average molecular weight is 272 g/mol. The molecule has 21 heavy (non-hydrogen) atoms. The zero-order chi connectivity index (χ0) is 14.3. The van der Waals surface area contributed by atoms with E-state index in [0.717, 1.165) is 19.3 Å². The topological polar surface area (TPSA) is 0 Å². The van der Waals surface area contributed by atoms with Crippen LogP contribution in [0.5, 0.6) is 0 Å². The van der Waals surface area contributed by atoms with Gasteiger partial charge in [-0.3, -0.25) is 0 Å². The van der Waals surface area contributed by atoms with E-state index in [4.69, 9.17) is 0 Å². The van der Waals surface area contributed by atoms with E-state index in [1.165, 1.54) is 22.3 Å². The van der Waals surface area contributed by atoms with Gasteiger partial charge in [-0.1, -0.05) is 85.0 Å². The SMILES string of the molecule is C1=CC/C(=C(\CCc2ccccc2)c2ccccc2)C=C1. The van der Waals surface area contributed by atoms with Gasteiger partial charge in [0.2, 0.25) is 0 Å². The monoisotopic (exact) mass is 272 g/mol. The molecule has 0 amide bonds. The lowest BCUT2D eigenvalue weighted by Gasteiger charge is -2.14. The number of benzene rings is 2. The van der Waals surface area contributed by atoms with Crippen LogP contribution in [0.4, 0.5) is 0 Å². The first-order valence-corrected chi connectivity index (χ1v) is 7.58. The Morgan fingerprint density at radius 2 is 1.52 bits per heavy atom. The van der Waals surface area contributed by atoms with Crippen molar-refractivity contribution >= 4 is 5.57 Å². The molecule has 0 heteroatoms. The standard InChI is InChI=1S/C21H20/c1-4-10-18(11-5-1)16-17-21(19-12-6-2-7-13-19)20-14-8-3-9-15-20/h1-14H,15-17H2/b21-20+. The molecule has 1 aliphatic rings. The Hall–Kier alpha value is -2.34. The van der Waals surface area contributed by atoms with Gasteiger partial charge in [0.05, 0.1) is 0 Å². The van der Waals surface area contributed by atoms with Crippen LogP contribution in [0.15, 0.2) is 90.5 Å². The molecule has 0 heterocycles. The summed E-state index contributed by atoms with van der Waals surface area (Å²) in [6.07, 6.45) is 12.0. The van der Waals surface area contributed by atoms with Crippen molar-refractivity contribution in [1.82, 2.24) is 0 Å². The van der Waals surface area contributed by atoms with E-state index in [1.54, 1.807) is 0 Å². The summed E-state index contributed by atoms with van der Waals surface area (Å²) in [5, 5.41) is 0. The van der Waals surface area contributed by atoms with E-state index >= 15 is 0 Å². The van der Waals surface area contributed by atoms with E-state index in [9.17, 15) is 0 Å². The van der Waals surface area contributed by atoms with Crippen LogP contribution in [0.25, 0.3) is 5.57 Å². The zero-order valence-electron chi connectivity index (χ0n) is 12.2. The normalized spacial score (nSPS) is 16.0. The van der Waals surface area contributed by atoms with E-state index < -0.39 is 0 Å². The fourth-order valence-electron chi connectivity index (χ4n) is 2.78. The summed E-state index contributed by atoms with van der Waals surface area (Å²) in [4.78, 5) is 0. The second-order valence-electron chi connectivity index (χ2n) is 5.35. The number of aryl methyl sites for hydroxylation is 1. The minimum absolute atomic E-state index is 1.04. The van der Waals surface area contributed by atoms with Crippen LogP contribution in [0, 0.1) is 0 Å². The predicted molar refractivity (Wildman–Crippen MR) is 91.0 cm³/mol. The molecule has 2 aromatic rings. The first-order valence-electron chi connectivity index (χ1n) is 7.58. The summed E-state index contributed by atoms with van der Waals surface area (Å²) in [6.45, 7) is 0. The molecule has 0 unspecified atom stereocenters. The summed E-state index contributed by atoms with van der Waals surface area (Å²) in [6, 6.07) is 21.5. The molecule has 0 spiro atoms. The highest BCUT2D eigenvalue weighted by molar-refractivity contribution is 5.72. The highest BCUT2D eigenvalue weighted by Crippen LogP contribution is 2.28. The Bertz CT molecular complexity index is 658. The first-order chi connectivity index (χ1) is 10.4. The van der Waals surface area contributed by atoms with Crippen molar-refractivity contribution in [2.24, 2.45) is 0 Å². The fourth-order valence-corrected chi connectivity index (χ4v) is 2.78. The number of rotatable bonds is 4. The molecule has 0 fully saturated rings. The maximum Gasteiger partial charge on any atom is -0.00914 e. The third-order valence-electron chi connectivity index (χ3n) is 3.90. The maximum atomic E-state index is 2.26. The molecule has 0 radical (unpaired) electrons. The molecule has 0 bridgehead atoms.